The number of thioether (sulfide) groups is 1. The van der Waals surface area contributed by atoms with Crippen molar-refractivity contribution in [3.63, 3.8) is 0 Å². The highest BCUT2D eigenvalue weighted by atomic mass is 32.2. The Kier molecular flexibility index (Phi) is 7.77. The van der Waals surface area contributed by atoms with Crippen molar-refractivity contribution in [1.29, 1.82) is 0 Å². The summed E-state index contributed by atoms with van der Waals surface area (Å²) in [5.74, 6) is -1.87. The van der Waals surface area contributed by atoms with Gasteiger partial charge in [0, 0.05) is 12.6 Å². The summed E-state index contributed by atoms with van der Waals surface area (Å²) in [5.41, 5.74) is 1.35. The molecule has 0 radical (unpaired) electrons. The molecule has 1 amide bonds. The Bertz CT molecular complexity index is 1080. The van der Waals surface area contributed by atoms with Gasteiger partial charge >= 0.3 is 11.9 Å². The number of amidine groups is 1. The van der Waals surface area contributed by atoms with Gasteiger partial charge in [0.15, 0.2) is 5.17 Å². The van der Waals surface area contributed by atoms with E-state index in [1.165, 1.54) is 18.1 Å². The third-order valence-electron chi connectivity index (χ3n) is 4.50. The van der Waals surface area contributed by atoms with Crippen molar-refractivity contribution in [1.82, 2.24) is 4.90 Å². The third-order valence-corrected chi connectivity index (χ3v) is 5.51. The molecule has 3 rings (SSSR count). The average molecular weight is 456 g/mol. The Morgan fingerprint density at radius 1 is 1.16 bits per heavy atom. The second kappa shape index (κ2) is 10.7. The molecular formula is C23H21FN2O5S. The van der Waals surface area contributed by atoms with Crippen LogP contribution in [0.3, 0.4) is 0 Å². The first-order chi connectivity index (χ1) is 15.4. The second-order valence-corrected chi connectivity index (χ2v) is 7.60. The minimum atomic E-state index is -0.657. The molecule has 0 N–H and O–H groups in total. The lowest BCUT2D eigenvalue weighted by atomic mass is 10.1. The van der Waals surface area contributed by atoms with Crippen molar-refractivity contribution in [2.24, 2.45) is 4.99 Å². The van der Waals surface area contributed by atoms with E-state index < -0.39 is 17.8 Å². The molecule has 1 fully saturated rings. The average Bonchev–Trinajstić information content (AvgIpc) is 3.07. The van der Waals surface area contributed by atoms with Crippen molar-refractivity contribution >= 4 is 40.5 Å². The summed E-state index contributed by atoms with van der Waals surface area (Å²) in [5, 5.41) is 0.338. The van der Waals surface area contributed by atoms with Crippen molar-refractivity contribution < 1.29 is 28.2 Å². The Balaban J connectivity index is 1.86. The molecule has 2 aromatic carbocycles. The van der Waals surface area contributed by atoms with Crippen LogP contribution in [-0.2, 0) is 25.5 Å². The Morgan fingerprint density at radius 2 is 1.88 bits per heavy atom. The van der Waals surface area contributed by atoms with E-state index in [4.69, 9.17) is 4.74 Å². The first kappa shape index (κ1) is 23.2. The molecule has 1 aliphatic heterocycles. The van der Waals surface area contributed by atoms with Crippen LogP contribution in [0.25, 0.3) is 0 Å². The van der Waals surface area contributed by atoms with E-state index in [-0.39, 0.29) is 30.3 Å². The zero-order chi connectivity index (χ0) is 23.1. The maximum atomic E-state index is 14.0. The first-order valence-corrected chi connectivity index (χ1v) is 10.6. The number of hydrogen-bond donors (Lipinski definition) is 0. The van der Waals surface area contributed by atoms with E-state index in [2.05, 4.69) is 9.73 Å². The van der Waals surface area contributed by atoms with Gasteiger partial charge in [-0.2, -0.15) is 0 Å². The Morgan fingerprint density at radius 3 is 2.53 bits per heavy atom. The quantitative estimate of drug-likeness (QED) is 0.465. The summed E-state index contributed by atoms with van der Waals surface area (Å²) in [7, 11) is 1.22. The highest BCUT2D eigenvalue weighted by Gasteiger charge is 2.34. The van der Waals surface area contributed by atoms with Crippen LogP contribution in [0.15, 0.2) is 64.5 Å². The number of methoxy groups -OCH3 is 1. The number of ether oxygens (including phenoxy) is 2. The monoisotopic (exact) mass is 456 g/mol. The lowest BCUT2D eigenvalue weighted by molar-refractivity contribution is -0.135. The number of esters is 2. The van der Waals surface area contributed by atoms with Crippen molar-refractivity contribution in [2.45, 2.75) is 13.3 Å². The van der Waals surface area contributed by atoms with Gasteiger partial charge in [-0.05, 0) is 61.0 Å². The van der Waals surface area contributed by atoms with Crippen LogP contribution < -0.4 is 0 Å². The third kappa shape index (κ3) is 5.61. The predicted molar refractivity (Wildman–Crippen MR) is 119 cm³/mol. The molecule has 1 aliphatic rings. The molecule has 7 nitrogen and oxygen atoms in total. The van der Waals surface area contributed by atoms with Crippen LogP contribution in [0.5, 0.6) is 0 Å². The van der Waals surface area contributed by atoms with Gasteiger partial charge in [-0.15, -0.1) is 0 Å². The van der Waals surface area contributed by atoms with E-state index in [9.17, 15) is 18.8 Å². The van der Waals surface area contributed by atoms with E-state index in [0.29, 0.717) is 22.0 Å². The van der Waals surface area contributed by atoms with Crippen LogP contribution in [0.4, 0.5) is 10.1 Å². The molecule has 0 saturated carbocycles. The zero-order valence-electron chi connectivity index (χ0n) is 17.5. The van der Waals surface area contributed by atoms with E-state index in [1.54, 1.807) is 49.4 Å². The molecule has 166 valence electrons. The number of nitrogens with zero attached hydrogens (tertiary/aromatic N) is 2. The minimum Gasteiger partial charge on any atom is -0.466 e. The molecule has 9 heteroatoms. The van der Waals surface area contributed by atoms with Gasteiger partial charge in [0.2, 0.25) is 0 Å². The van der Waals surface area contributed by atoms with Gasteiger partial charge in [-0.1, -0.05) is 18.2 Å². The predicted octanol–water partition coefficient (Wildman–Crippen LogP) is 3.86. The molecule has 1 heterocycles. The molecule has 0 aliphatic carbocycles. The summed E-state index contributed by atoms with van der Waals surface area (Å²) in [6.45, 7) is 2.17. The highest BCUT2D eigenvalue weighted by Crippen LogP contribution is 2.33. The molecule has 0 aromatic heterocycles. The van der Waals surface area contributed by atoms with Crippen molar-refractivity contribution in [3.05, 3.63) is 76.5 Å². The molecule has 1 saturated heterocycles. The topological polar surface area (TPSA) is 85.3 Å². The standard InChI is InChI=1S/C23H21FN2O5S/c1-3-31-22(29)16-8-10-17(11-9-16)25-23-26(13-12-15-6-4-5-7-18(15)24)21(28)19(32-23)14-20(27)30-2/h4-11,14H,3,12-13H2,1-2H3/b19-14+,25-23?. The first-order valence-electron chi connectivity index (χ1n) is 9.81. The summed E-state index contributed by atoms with van der Waals surface area (Å²) in [4.78, 5) is 42.4. The lowest BCUT2D eigenvalue weighted by Gasteiger charge is -2.16. The summed E-state index contributed by atoms with van der Waals surface area (Å²) < 4.78 is 23.6. The number of carbonyl (C=O) groups is 3. The fourth-order valence-electron chi connectivity index (χ4n) is 2.88. The summed E-state index contributed by atoms with van der Waals surface area (Å²) >= 11 is 1.02. The lowest BCUT2D eigenvalue weighted by Crippen LogP contribution is -2.31. The smallest absolute Gasteiger partial charge is 0.338 e. The molecule has 0 bridgehead atoms. The van der Waals surface area contributed by atoms with Crippen LogP contribution in [0.2, 0.25) is 0 Å². The largest absolute Gasteiger partial charge is 0.466 e. The number of aliphatic imine (C=N–C) groups is 1. The second-order valence-electron chi connectivity index (χ2n) is 6.59. The van der Waals surface area contributed by atoms with Gasteiger partial charge in [0.05, 0.1) is 29.9 Å². The van der Waals surface area contributed by atoms with E-state index in [0.717, 1.165) is 17.8 Å². The van der Waals surface area contributed by atoms with Gasteiger partial charge in [0.25, 0.3) is 5.91 Å². The molecule has 0 atom stereocenters. The van der Waals surface area contributed by atoms with E-state index >= 15 is 0 Å². The van der Waals surface area contributed by atoms with Gasteiger partial charge in [0.1, 0.15) is 5.82 Å². The maximum Gasteiger partial charge on any atom is 0.338 e. The summed E-state index contributed by atoms with van der Waals surface area (Å²) in [6.07, 6.45) is 1.38. The molecular weight excluding hydrogens is 435 g/mol. The summed E-state index contributed by atoms with van der Waals surface area (Å²) in [6, 6.07) is 12.7. The van der Waals surface area contributed by atoms with Crippen molar-refractivity contribution in [2.75, 3.05) is 20.3 Å². The van der Waals surface area contributed by atoms with Crippen LogP contribution in [0, 0.1) is 5.82 Å². The molecule has 0 spiro atoms. The fraction of sp³-hybridized carbons (Fsp3) is 0.217. The zero-order valence-corrected chi connectivity index (χ0v) is 18.4. The minimum absolute atomic E-state index is 0.160. The number of hydrogen-bond acceptors (Lipinski definition) is 7. The molecule has 0 unspecified atom stereocenters. The number of halogens is 1. The normalized spacial score (nSPS) is 16.0. The van der Waals surface area contributed by atoms with Crippen molar-refractivity contribution in [3.8, 4) is 0 Å². The van der Waals surface area contributed by atoms with Gasteiger partial charge in [-0.3, -0.25) is 9.69 Å². The SMILES string of the molecule is CCOC(=O)c1ccc(N=C2S/C(=C/C(=O)OC)C(=O)N2CCc2ccccc2F)cc1. The number of benzene rings is 2. The van der Waals surface area contributed by atoms with Gasteiger partial charge < -0.3 is 9.47 Å². The van der Waals surface area contributed by atoms with Crippen LogP contribution in [-0.4, -0.2) is 48.2 Å². The van der Waals surface area contributed by atoms with Crippen LogP contribution in [0.1, 0.15) is 22.8 Å². The number of rotatable bonds is 7. The fourth-order valence-corrected chi connectivity index (χ4v) is 3.87. The van der Waals surface area contributed by atoms with E-state index in [1.807, 2.05) is 0 Å². The maximum absolute atomic E-state index is 14.0. The molecule has 2 aromatic rings. The Hall–Kier alpha value is -3.46. The molecule has 32 heavy (non-hydrogen) atoms. The Labute approximate surface area is 188 Å². The number of carbonyl (C=O) groups excluding carboxylic acids is 3. The number of amides is 1. The van der Waals surface area contributed by atoms with Crippen LogP contribution >= 0.6 is 11.8 Å². The van der Waals surface area contributed by atoms with Gasteiger partial charge in [-0.25, -0.2) is 19.0 Å². The highest BCUT2D eigenvalue weighted by molar-refractivity contribution is 8.18.